The normalized spacial score (nSPS) is 11.4. The zero-order valence-electron chi connectivity index (χ0n) is 41.7. The summed E-state index contributed by atoms with van der Waals surface area (Å²) in [5.74, 6) is 0.824. The van der Waals surface area contributed by atoms with Crippen LogP contribution in [0, 0.1) is 0 Å². The summed E-state index contributed by atoms with van der Waals surface area (Å²) >= 11 is 0. The molecule has 66 heavy (non-hydrogen) atoms. The Labute approximate surface area is 402 Å². The van der Waals surface area contributed by atoms with Gasteiger partial charge in [0.2, 0.25) is 0 Å². The first-order valence-electron chi connectivity index (χ1n) is 26.9. The quantitative estimate of drug-likeness (QED) is 0.0244. The molecule has 3 aromatic carbocycles. The van der Waals surface area contributed by atoms with Gasteiger partial charge in [-0.2, -0.15) is 0 Å². The van der Waals surface area contributed by atoms with E-state index in [1.165, 1.54) is 205 Å². The number of benzene rings is 3. The van der Waals surface area contributed by atoms with E-state index in [9.17, 15) is 9.59 Å². The van der Waals surface area contributed by atoms with Crippen LogP contribution in [0.1, 0.15) is 230 Å². The highest BCUT2D eigenvalue weighted by molar-refractivity contribution is 5.91. The van der Waals surface area contributed by atoms with Gasteiger partial charge in [-0.3, -0.25) is 0 Å². The average Bonchev–Trinajstić information content (AvgIpc) is 3.33. The van der Waals surface area contributed by atoms with Crippen molar-refractivity contribution in [3.63, 3.8) is 0 Å². The monoisotopic (exact) mass is 907 g/mol. The largest absolute Gasteiger partial charge is 0.494 e. The van der Waals surface area contributed by atoms with E-state index in [-0.39, 0.29) is 11.5 Å². The van der Waals surface area contributed by atoms with Gasteiger partial charge in [0.25, 0.3) is 0 Å². The van der Waals surface area contributed by atoms with Gasteiger partial charge >= 0.3 is 11.9 Å². The third kappa shape index (κ3) is 30.1. The van der Waals surface area contributed by atoms with Crippen molar-refractivity contribution in [1.82, 2.24) is 0 Å². The van der Waals surface area contributed by atoms with Crippen LogP contribution in [-0.4, -0.2) is 25.2 Å². The van der Waals surface area contributed by atoms with E-state index in [1.54, 1.807) is 36.4 Å². The van der Waals surface area contributed by atoms with E-state index in [0.717, 1.165) is 35.5 Å². The molecule has 0 unspecified atom stereocenters. The number of rotatable bonds is 42. The predicted molar refractivity (Wildman–Crippen MR) is 279 cm³/mol. The molecule has 0 aliphatic heterocycles. The number of unbranched alkanes of at least 4 members (excludes halogenated alkanes) is 30. The molecular weight excluding hydrogens is 817 g/mol. The van der Waals surface area contributed by atoms with Gasteiger partial charge in [0.1, 0.15) is 11.5 Å². The molecule has 6 heteroatoms. The van der Waals surface area contributed by atoms with Crippen LogP contribution in [0.5, 0.6) is 23.0 Å². The molecule has 0 saturated heterocycles. The van der Waals surface area contributed by atoms with Crippen molar-refractivity contribution >= 4 is 24.1 Å². The molecule has 0 atom stereocenters. The third-order valence-electron chi connectivity index (χ3n) is 12.4. The van der Waals surface area contributed by atoms with Crippen molar-refractivity contribution in [2.75, 3.05) is 13.2 Å². The number of ether oxygens (including phenoxy) is 4. The molecule has 0 N–H and O–H groups in total. The summed E-state index contributed by atoms with van der Waals surface area (Å²) in [6.07, 6.45) is 49.4. The van der Waals surface area contributed by atoms with E-state index in [2.05, 4.69) is 13.8 Å². The van der Waals surface area contributed by atoms with Gasteiger partial charge in [0.05, 0.1) is 13.2 Å². The van der Waals surface area contributed by atoms with Gasteiger partial charge in [-0.25, -0.2) is 9.59 Å². The molecule has 0 radical (unpaired) electrons. The Morgan fingerprint density at radius 3 is 0.879 bits per heavy atom. The molecule has 366 valence electrons. The van der Waals surface area contributed by atoms with Gasteiger partial charge < -0.3 is 18.9 Å². The second kappa shape index (κ2) is 39.8. The molecule has 0 aromatic heterocycles. The number of carbonyl (C=O) groups is 2. The van der Waals surface area contributed by atoms with E-state index in [0.29, 0.717) is 13.2 Å². The maximum Gasteiger partial charge on any atom is 0.336 e. The van der Waals surface area contributed by atoms with Gasteiger partial charge in [0.15, 0.2) is 11.5 Å². The van der Waals surface area contributed by atoms with Gasteiger partial charge in [-0.15, -0.1) is 0 Å². The summed E-state index contributed by atoms with van der Waals surface area (Å²) in [7, 11) is 0. The summed E-state index contributed by atoms with van der Waals surface area (Å²) < 4.78 is 23.0. The molecule has 0 aliphatic carbocycles. The Morgan fingerprint density at radius 1 is 0.348 bits per heavy atom. The maximum absolute atomic E-state index is 12.7. The molecular formula is C60H90O6. The molecule has 0 bridgehead atoms. The summed E-state index contributed by atoms with van der Waals surface area (Å²) in [5, 5.41) is 0. The maximum atomic E-state index is 12.7. The fourth-order valence-corrected chi connectivity index (χ4v) is 8.26. The van der Waals surface area contributed by atoms with E-state index in [4.69, 9.17) is 18.9 Å². The van der Waals surface area contributed by atoms with Crippen molar-refractivity contribution in [3.05, 3.63) is 96.1 Å². The summed E-state index contributed by atoms with van der Waals surface area (Å²) in [6, 6.07) is 22.0. The Bertz CT molecular complexity index is 1550. The lowest BCUT2D eigenvalue weighted by Gasteiger charge is -2.08. The summed E-state index contributed by atoms with van der Waals surface area (Å²) in [5.41, 5.74) is 1.70. The highest BCUT2D eigenvalue weighted by atomic mass is 16.6. The molecule has 0 amide bonds. The fraction of sp³-hybridized carbons (Fsp3) is 0.600. The lowest BCUT2D eigenvalue weighted by molar-refractivity contribution is -0.131. The van der Waals surface area contributed by atoms with Crippen molar-refractivity contribution in [2.45, 2.75) is 219 Å². The Balaban J connectivity index is 1.20. The average molecular weight is 907 g/mol. The lowest BCUT2D eigenvalue weighted by atomic mass is 10.0. The van der Waals surface area contributed by atoms with Crippen LogP contribution in [0.25, 0.3) is 12.2 Å². The smallest absolute Gasteiger partial charge is 0.336 e. The van der Waals surface area contributed by atoms with Crippen molar-refractivity contribution in [2.24, 2.45) is 0 Å². The molecule has 0 saturated carbocycles. The fourth-order valence-electron chi connectivity index (χ4n) is 8.26. The summed E-state index contributed by atoms with van der Waals surface area (Å²) in [6.45, 7) is 5.99. The van der Waals surface area contributed by atoms with Crippen LogP contribution in [0.3, 0.4) is 0 Å². The zero-order chi connectivity index (χ0) is 46.8. The molecule has 3 rings (SSSR count). The first-order chi connectivity index (χ1) is 32.6. The van der Waals surface area contributed by atoms with Crippen LogP contribution in [0.2, 0.25) is 0 Å². The third-order valence-corrected chi connectivity index (χ3v) is 12.4. The molecule has 0 spiro atoms. The second-order valence-electron chi connectivity index (χ2n) is 18.4. The minimum atomic E-state index is -0.574. The number of hydrogen-bond donors (Lipinski definition) is 0. The van der Waals surface area contributed by atoms with E-state index in [1.807, 2.05) is 48.5 Å². The highest BCUT2D eigenvalue weighted by Crippen LogP contribution is 2.27. The summed E-state index contributed by atoms with van der Waals surface area (Å²) in [4.78, 5) is 25.5. The lowest BCUT2D eigenvalue weighted by Crippen LogP contribution is -2.08. The van der Waals surface area contributed by atoms with Crippen LogP contribution < -0.4 is 18.9 Å². The number of carbonyl (C=O) groups excluding carboxylic acids is 2. The van der Waals surface area contributed by atoms with Crippen LogP contribution in [0.4, 0.5) is 0 Å². The first kappa shape index (κ1) is 56.0. The molecule has 6 nitrogen and oxygen atoms in total. The van der Waals surface area contributed by atoms with Crippen molar-refractivity contribution in [1.29, 1.82) is 0 Å². The highest BCUT2D eigenvalue weighted by Gasteiger charge is 2.11. The van der Waals surface area contributed by atoms with Gasteiger partial charge in [-0.1, -0.05) is 243 Å². The Hall–Kier alpha value is -4.32. The molecule has 0 fully saturated rings. The number of para-hydroxylation sites is 2. The SMILES string of the molecule is CCCCCCCCCCCCCCCCCCOc1ccc(/C=C/C(=O)Oc2ccccc2OC(=O)/C=C/c2ccc(OCCCCCCCCCCCCCCCCCC)cc2)cc1. The van der Waals surface area contributed by atoms with Gasteiger partial charge in [-0.05, 0) is 72.5 Å². The molecule has 0 aliphatic rings. The molecule has 0 heterocycles. The first-order valence-corrected chi connectivity index (χ1v) is 26.9. The minimum absolute atomic E-state index is 0.164. The second-order valence-corrected chi connectivity index (χ2v) is 18.4. The minimum Gasteiger partial charge on any atom is -0.494 e. The number of esters is 2. The predicted octanol–water partition coefficient (Wildman–Crippen LogP) is 18.2. The number of hydrogen-bond acceptors (Lipinski definition) is 6. The molecule has 3 aromatic rings. The van der Waals surface area contributed by atoms with E-state index >= 15 is 0 Å². The van der Waals surface area contributed by atoms with Crippen LogP contribution in [0.15, 0.2) is 84.9 Å². The van der Waals surface area contributed by atoms with Crippen molar-refractivity contribution in [3.8, 4) is 23.0 Å². The van der Waals surface area contributed by atoms with E-state index < -0.39 is 11.9 Å². The Kier molecular flexibility index (Phi) is 33.8. The van der Waals surface area contributed by atoms with Crippen LogP contribution in [-0.2, 0) is 9.59 Å². The van der Waals surface area contributed by atoms with Crippen molar-refractivity contribution < 1.29 is 28.5 Å². The Morgan fingerprint density at radius 2 is 0.606 bits per heavy atom. The van der Waals surface area contributed by atoms with Gasteiger partial charge in [0, 0.05) is 12.2 Å². The topological polar surface area (TPSA) is 71.1 Å². The van der Waals surface area contributed by atoms with Crippen LogP contribution >= 0.6 is 0 Å². The standard InChI is InChI=1S/C60H90O6/c1-3-5-7-9-11-13-15-17-19-21-23-25-27-29-31-35-51-63-55-45-39-53(40-46-55)43-49-59(61)65-57-37-33-34-38-58(57)66-60(62)50-44-54-41-47-56(48-42-54)64-52-36-32-30-28-26-24-22-20-18-16-14-12-10-8-6-4-2/h33-34,37-50H,3-32,35-36,51-52H2,1-2H3/b49-43+,50-44+. The zero-order valence-corrected chi connectivity index (χ0v) is 41.7.